The molecule has 0 amide bonds. The van der Waals surface area contributed by atoms with Gasteiger partial charge in [0.25, 0.3) is 0 Å². The minimum Gasteiger partial charge on any atom is -0.445 e. The average molecular weight is 252 g/mol. The molecule has 3 heteroatoms. The first kappa shape index (κ1) is 11.9. The van der Waals surface area contributed by atoms with E-state index in [0.29, 0.717) is 6.54 Å². The Labute approximate surface area is 112 Å². The van der Waals surface area contributed by atoms with Crippen molar-refractivity contribution in [3.63, 3.8) is 0 Å². The van der Waals surface area contributed by atoms with E-state index in [2.05, 4.69) is 52.8 Å². The quantitative estimate of drug-likeness (QED) is 0.773. The van der Waals surface area contributed by atoms with Crippen molar-refractivity contribution < 1.29 is 4.42 Å². The van der Waals surface area contributed by atoms with Crippen LogP contribution in [0.3, 0.4) is 0 Å². The van der Waals surface area contributed by atoms with Crippen molar-refractivity contribution in [1.29, 1.82) is 0 Å². The highest BCUT2D eigenvalue weighted by molar-refractivity contribution is 5.82. The van der Waals surface area contributed by atoms with Crippen molar-refractivity contribution in [2.75, 3.05) is 0 Å². The van der Waals surface area contributed by atoms with E-state index in [0.717, 1.165) is 18.2 Å². The molecule has 19 heavy (non-hydrogen) atoms. The van der Waals surface area contributed by atoms with Crippen molar-refractivity contribution in [3.05, 3.63) is 65.9 Å². The van der Waals surface area contributed by atoms with Crippen LogP contribution in [0.15, 0.2) is 53.1 Å². The van der Waals surface area contributed by atoms with Crippen LogP contribution in [0.25, 0.3) is 10.8 Å². The Balaban J connectivity index is 1.65. The molecule has 3 rings (SSSR count). The fourth-order valence-electron chi connectivity index (χ4n) is 2.15. The van der Waals surface area contributed by atoms with Gasteiger partial charge in [-0.1, -0.05) is 36.4 Å². The van der Waals surface area contributed by atoms with Gasteiger partial charge in [0.1, 0.15) is 5.76 Å². The zero-order chi connectivity index (χ0) is 13.1. The molecule has 0 saturated heterocycles. The number of nitrogens with one attached hydrogen (secondary N) is 1. The highest BCUT2D eigenvalue weighted by atomic mass is 16.4. The van der Waals surface area contributed by atoms with Crippen LogP contribution in [0.2, 0.25) is 0 Å². The second-order valence-corrected chi connectivity index (χ2v) is 4.65. The van der Waals surface area contributed by atoms with Gasteiger partial charge in [-0.15, -0.1) is 0 Å². The van der Waals surface area contributed by atoms with Crippen LogP contribution in [-0.2, 0) is 13.1 Å². The molecule has 0 saturated carbocycles. The minimum atomic E-state index is 0.653. The van der Waals surface area contributed by atoms with Crippen LogP contribution < -0.4 is 5.32 Å². The van der Waals surface area contributed by atoms with Gasteiger partial charge in [0.2, 0.25) is 5.89 Å². The van der Waals surface area contributed by atoms with Crippen LogP contribution in [0, 0.1) is 6.92 Å². The summed E-state index contributed by atoms with van der Waals surface area (Å²) in [7, 11) is 0. The first-order chi connectivity index (χ1) is 9.31. The molecular formula is C16H16N2O. The highest BCUT2D eigenvalue weighted by Crippen LogP contribution is 2.15. The maximum Gasteiger partial charge on any atom is 0.208 e. The summed E-state index contributed by atoms with van der Waals surface area (Å²) in [6.45, 7) is 3.37. The van der Waals surface area contributed by atoms with Crippen molar-refractivity contribution in [2.24, 2.45) is 0 Å². The molecule has 96 valence electrons. The predicted molar refractivity (Wildman–Crippen MR) is 75.7 cm³/mol. The molecule has 0 aliphatic carbocycles. The third-order valence-electron chi connectivity index (χ3n) is 3.09. The standard InChI is InChI=1S/C16H16N2O/c1-12-9-18-16(19-12)11-17-10-13-6-7-14-4-2-3-5-15(14)8-13/h2-9,17H,10-11H2,1H3. The Bertz CT molecular complexity index is 688. The van der Waals surface area contributed by atoms with Crippen LogP contribution in [0.4, 0.5) is 0 Å². The molecule has 2 aromatic carbocycles. The smallest absolute Gasteiger partial charge is 0.208 e. The molecule has 0 unspecified atom stereocenters. The fourth-order valence-corrected chi connectivity index (χ4v) is 2.15. The number of hydrogen-bond donors (Lipinski definition) is 1. The largest absolute Gasteiger partial charge is 0.445 e. The molecule has 3 aromatic rings. The van der Waals surface area contributed by atoms with Crippen LogP contribution in [0.1, 0.15) is 17.2 Å². The Kier molecular flexibility index (Phi) is 3.29. The van der Waals surface area contributed by atoms with Crippen molar-refractivity contribution in [3.8, 4) is 0 Å². The second kappa shape index (κ2) is 5.24. The van der Waals surface area contributed by atoms with Gasteiger partial charge in [-0.25, -0.2) is 4.98 Å². The highest BCUT2D eigenvalue weighted by Gasteiger charge is 2.00. The number of aryl methyl sites for hydroxylation is 1. The second-order valence-electron chi connectivity index (χ2n) is 4.65. The minimum absolute atomic E-state index is 0.653. The summed E-state index contributed by atoms with van der Waals surface area (Å²) in [6.07, 6.45) is 1.74. The molecule has 1 aromatic heterocycles. The molecule has 0 spiro atoms. The lowest BCUT2D eigenvalue weighted by Gasteiger charge is -2.04. The van der Waals surface area contributed by atoms with Crippen molar-refractivity contribution in [2.45, 2.75) is 20.0 Å². The van der Waals surface area contributed by atoms with E-state index in [1.807, 2.05) is 6.92 Å². The maximum absolute atomic E-state index is 5.42. The number of oxazole rings is 1. The van der Waals surface area contributed by atoms with Gasteiger partial charge >= 0.3 is 0 Å². The number of benzene rings is 2. The molecule has 0 fully saturated rings. The van der Waals surface area contributed by atoms with Crippen LogP contribution >= 0.6 is 0 Å². The van der Waals surface area contributed by atoms with Gasteiger partial charge in [0.05, 0.1) is 12.7 Å². The summed E-state index contributed by atoms with van der Waals surface area (Å²) in [5, 5.41) is 5.88. The van der Waals surface area contributed by atoms with E-state index in [9.17, 15) is 0 Å². The van der Waals surface area contributed by atoms with Crippen LogP contribution in [-0.4, -0.2) is 4.98 Å². The maximum atomic E-state index is 5.42. The van der Waals surface area contributed by atoms with Gasteiger partial charge < -0.3 is 9.73 Å². The number of rotatable bonds is 4. The lowest BCUT2D eigenvalue weighted by atomic mass is 10.1. The molecule has 0 atom stereocenters. The molecule has 1 heterocycles. The summed E-state index contributed by atoms with van der Waals surface area (Å²) in [4.78, 5) is 4.17. The van der Waals surface area contributed by atoms with Gasteiger partial charge in [-0.2, -0.15) is 0 Å². The Hall–Kier alpha value is -2.13. The van der Waals surface area contributed by atoms with Crippen LogP contribution in [0.5, 0.6) is 0 Å². The molecular weight excluding hydrogens is 236 g/mol. The zero-order valence-electron chi connectivity index (χ0n) is 10.9. The monoisotopic (exact) mass is 252 g/mol. The topological polar surface area (TPSA) is 38.1 Å². The average Bonchev–Trinajstić information content (AvgIpc) is 2.84. The van der Waals surface area contributed by atoms with E-state index in [-0.39, 0.29) is 0 Å². The lowest BCUT2D eigenvalue weighted by Crippen LogP contribution is -2.12. The summed E-state index contributed by atoms with van der Waals surface area (Å²) >= 11 is 0. The van der Waals surface area contributed by atoms with Crippen molar-refractivity contribution in [1.82, 2.24) is 10.3 Å². The molecule has 3 nitrogen and oxygen atoms in total. The summed E-state index contributed by atoms with van der Waals surface area (Å²) in [5.41, 5.74) is 1.27. The molecule has 0 bridgehead atoms. The van der Waals surface area contributed by atoms with E-state index in [4.69, 9.17) is 4.42 Å². The Morgan fingerprint density at radius 2 is 1.89 bits per heavy atom. The molecule has 0 radical (unpaired) electrons. The SMILES string of the molecule is Cc1cnc(CNCc2ccc3ccccc3c2)o1. The summed E-state index contributed by atoms with van der Waals surface area (Å²) < 4.78 is 5.42. The summed E-state index contributed by atoms with van der Waals surface area (Å²) in [6, 6.07) is 14.9. The number of aromatic nitrogens is 1. The molecule has 1 N–H and O–H groups in total. The van der Waals surface area contributed by atoms with Gasteiger partial charge in [-0.05, 0) is 29.3 Å². The number of hydrogen-bond acceptors (Lipinski definition) is 3. The van der Waals surface area contributed by atoms with Gasteiger partial charge in [-0.3, -0.25) is 0 Å². The first-order valence-electron chi connectivity index (χ1n) is 6.41. The third-order valence-corrected chi connectivity index (χ3v) is 3.09. The Morgan fingerprint density at radius 1 is 1.05 bits per heavy atom. The number of nitrogens with zero attached hydrogens (tertiary/aromatic N) is 1. The Morgan fingerprint density at radius 3 is 2.68 bits per heavy atom. The zero-order valence-corrected chi connectivity index (χ0v) is 10.9. The lowest BCUT2D eigenvalue weighted by molar-refractivity contribution is 0.449. The van der Waals surface area contributed by atoms with E-state index >= 15 is 0 Å². The van der Waals surface area contributed by atoms with E-state index < -0.39 is 0 Å². The van der Waals surface area contributed by atoms with Crippen molar-refractivity contribution >= 4 is 10.8 Å². The van der Waals surface area contributed by atoms with Gasteiger partial charge in [0, 0.05) is 6.54 Å². The van der Waals surface area contributed by atoms with E-state index in [1.165, 1.54) is 16.3 Å². The van der Waals surface area contributed by atoms with Gasteiger partial charge in [0.15, 0.2) is 0 Å². The molecule has 0 aliphatic rings. The fraction of sp³-hybridized carbons (Fsp3) is 0.188. The summed E-state index contributed by atoms with van der Waals surface area (Å²) in [5.74, 6) is 1.58. The first-order valence-corrected chi connectivity index (χ1v) is 6.41. The number of fused-ring (bicyclic) bond motifs is 1. The third kappa shape index (κ3) is 2.83. The normalized spacial score (nSPS) is 11.0. The van der Waals surface area contributed by atoms with E-state index in [1.54, 1.807) is 6.20 Å². The molecule has 0 aliphatic heterocycles. The predicted octanol–water partition coefficient (Wildman–Crippen LogP) is 3.43.